The van der Waals surface area contributed by atoms with Gasteiger partial charge in [0.15, 0.2) is 0 Å². The van der Waals surface area contributed by atoms with E-state index in [1.54, 1.807) is 6.20 Å². The van der Waals surface area contributed by atoms with Gasteiger partial charge in [-0.2, -0.15) is 22.5 Å². The van der Waals surface area contributed by atoms with Crippen LogP contribution in [0.1, 0.15) is 9.88 Å². The molecule has 0 atom stereocenters. The summed E-state index contributed by atoms with van der Waals surface area (Å²) in [7, 11) is 0. The Hall–Kier alpha value is -1.70. The largest absolute Gasteiger partial charge is 0.373 e. The molecule has 0 saturated heterocycles. The van der Waals surface area contributed by atoms with Gasteiger partial charge in [-0.1, -0.05) is 0 Å². The smallest absolute Gasteiger partial charge is 0.253 e. The molecule has 3 nitrogen and oxygen atoms in total. The highest BCUT2D eigenvalue weighted by atomic mass is 32.1. The van der Waals surface area contributed by atoms with Crippen LogP contribution in [0.25, 0.3) is 0 Å². The minimum Gasteiger partial charge on any atom is -0.373 e. The maximum Gasteiger partial charge on any atom is 0.253 e. The lowest BCUT2D eigenvalue weighted by Crippen LogP contribution is -2.09. The van der Waals surface area contributed by atoms with Crippen LogP contribution in [-0.4, -0.2) is 9.97 Å². The van der Waals surface area contributed by atoms with E-state index in [-0.39, 0.29) is 6.54 Å². The van der Waals surface area contributed by atoms with E-state index in [1.807, 2.05) is 6.92 Å². The number of aromatic nitrogens is 2. The maximum atomic E-state index is 13.2. The van der Waals surface area contributed by atoms with Crippen LogP contribution in [0.3, 0.4) is 0 Å². The maximum absolute atomic E-state index is 13.2. The fraction of sp³-hybridized carbons (Fsp3) is 0.200. The molecule has 0 aliphatic heterocycles. The summed E-state index contributed by atoms with van der Waals surface area (Å²) < 4.78 is 52.1. The second-order valence-electron chi connectivity index (χ2n) is 3.41. The highest BCUT2D eigenvalue weighted by Gasteiger charge is 2.20. The zero-order valence-electron chi connectivity index (χ0n) is 9.10. The first kappa shape index (κ1) is 12.7. The molecular weight excluding hydrogens is 270 g/mol. The Labute approximate surface area is 104 Å². The number of hydrogen-bond donors (Lipinski definition) is 1. The summed E-state index contributed by atoms with van der Waals surface area (Å²) in [5, 5.41) is 2.82. The Balaban J connectivity index is 2.24. The fourth-order valence-corrected chi connectivity index (χ4v) is 2.02. The minimum atomic E-state index is -1.69. The summed E-state index contributed by atoms with van der Waals surface area (Å²) in [4.78, 5) is 7.32. The Morgan fingerprint density at radius 2 is 1.78 bits per heavy atom. The molecule has 0 unspecified atom stereocenters. The van der Waals surface area contributed by atoms with Crippen molar-refractivity contribution in [3.63, 3.8) is 0 Å². The highest BCUT2D eigenvalue weighted by Crippen LogP contribution is 2.23. The zero-order chi connectivity index (χ0) is 13.3. The SMILES string of the molecule is Cc1cnc(CNc2c(F)c(F)nc(F)c2F)s1. The Morgan fingerprint density at radius 1 is 1.17 bits per heavy atom. The van der Waals surface area contributed by atoms with Crippen LogP contribution < -0.4 is 5.32 Å². The number of nitrogens with one attached hydrogen (secondary N) is 1. The zero-order valence-corrected chi connectivity index (χ0v) is 9.92. The predicted octanol–water partition coefficient (Wildman–Crippen LogP) is 3.02. The first-order chi connectivity index (χ1) is 8.49. The van der Waals surface area contributed by atoms with Crippen molar-refractivity contribution in [1.82, 2.24) is 9.97 Å². The van der Waals surface area contributed by atoms with Gasteiger partial charge in [0.2, 0.25) is 11.6 Å². The lowest BCUT2D eigenvalue weighted by atomic mass is 10.3. The third-order valence-corrected chi connectivity index (χ3v) is 3.00. The van der Waals surface area contributed by atoms with Gasteiger partial charge in [-0.25, -0.2) is 4.98 Å². The van der Waals surface area contributed by atoms with Crippen LogP contribution in [0.2, 0.25) is 0 Å². The molecule has 8 heteroatoms. The summed E-state index contributed by atoms with van der Waals surface area (Å²) in [6.45, 7) is 1.78. The van der Waals surface area contributed by atoms with Crippen LogP contribution in [0.5, 0.6) is 0 Å². The van der Waals surface area contributed by atoms with Gasteiger partial charge in [-0.05, 0) is 6.92 Å². The molecule has 0 spiro atoms. The molecule has 0 aromatic carbocycles. The van der Waals surface area contributed by atoms with Gasteiger partial charge in [0.05, 0.1) is 6.54 Å². The van der Waals surface area contributed by atoms with E-state index < -0.39 is 29.2 Å². The molecule has 0 aliphatic rings. The summed E-state index contributed by atoms with van der Waals surface area (Å²) in [6.07, 6.45) is 1.59. The molecule has 2 heterocycles. The van der Waals surface area contributed by atoms with Gasteiger partial charge in [0.25, 0.3) is 11.9 Å². The van der Waals surface area contributed by atoms with Crippen molar-refractivity contribution in [3.05, 3.63) is 39.6 Å². The average molecular weight is 277 g/mol. The Bertz CT molecular complexity index is 558. The predicted molar refractivity (Wildman–Crippen MR) is 58.2 cm³/mol. The second-order valence-corrected chi connectivity index (χ2v) is 4.73. The molecule has 2 rings (SSSR count). The van der Waals surface area contributed by atoms with Gasteiger partial charge in [0.1, 0.15) is 10.7 Å². The highest BCUT2D eigenvalue weighted by molar-refractivity contribution is 7.11. The minimum absolute atomic E-state index is 0.0325. The standard InChI is InChI=1S/C10H7F4N3S/c1-4-2-15-5(18-4)3-16-8-6(11)9(13)17-10(14)7(8)12/h2H,3H2,1H3,(H,16,17). The van der Waals surface area contributed by atoms with Crippen molar-refractivity contribution >= 4 is 17.0 Å². The first-order valence-electron chi connectivity index (χ1n) is 4.84. The second kappa shape index (κ2) is 4.89. The molecule has 96 valence electrons. The van der Waals surface area contributed by atoms with Gasteiger partial charge >= 0.3 is 0 Å². The van der Waals surface area contributed by atoms with Crippen molar-refractivity contribution in [3.8, 4) is 0 Å². The third-order valence-electron chi connectivity index (χ3n) is 2.08. The molecule has 0 fully saturated rings. The molecule has 2 aromatic rings. The number of halogens is 4. The van der Waals surface area contributed by atoms with E-state index in [4.69, 9.17) is 0 Å². The first-order valence-corrected chi connectivity index (χ1v) is 5.66. The van der Waals surface area contributed by atoms with E-state index in [9.17, 15) is 17.6 Å². The molecule has 2 aromatic heterocycles. The van der Waals surface area contributed by atoms with Gasteiger partial charge < -0.3 is 5.32 Å². The van der Waals surface area contributed by atoms with E-state index in [2.05, 4.69) is 15.3 Å². The molecule has 0 aliphatic carbocycles. The van der Waals surface area contributed by atoms with Crippen LogP contribution >= 0.6 is 11.3 Å². The number of aryl methyl sites for hydroxylation is 1. The van der Waals surface area contributed by atoms with Crippen molar-refractivity contribution in [2.24, 2.45) is 0 Å². The van der Waals surface area contributed by atoms with Gasteiger partial charge in [0, 0.05) is 11.1 Å². The number of hydrogen-bond acceptors (Lipinski definition) is 4. The fourth-order valence-electron chi connectivity index (χ4n) is 1.29. The molecule has 0 amide bonds. The summed E-state index contributed by atoms with van der Waals surface area (Å²) in [5.74, 6) is -6.48. The van der Waals surface area contributed by atoms with Crippen LogP contribution in [0.15, 0.2) is 6.20 Å². The average Bonchev–Trinajstić information content (AvgIpc) is 2.73. The van der Waals surface area contributed by atoms with E-state index in [0.29, 0.717) is 5.01 Å². The van der Waals surface area contributed by atoms with Crippen LogP contribution in [0.4, 0.5) is 23.2 Å². The van der Waals surface area contributed by atoms with Crippen molar-refractivity contribution in [2.75, 3.05) is 5.32 Å². The molecule has 1 N–H and O–H groups in total. The number of pyridine rings is 1. The lowest BCUT2D eigenvalue weighted by molar-refractivity contribution is 0.410. The number of anilines is 1. The third kappa shape index (κ3) is 2.42. The molecular formula is C10H7F4N3S. The molecule has 0 saturated carbocycles. The molecule has 0 bridgehead atoms. The van der Waals surface area contributed by atoms with E-state index in [1.165, 1.54) is 11.3 Å². The van der Waals surface area contributed by atoms with E-state index in [0.717, 1.165) is 4.88 Å². The topological polar surface area (TPSA) is 37.8 Å². The molecule has 0 radical (unpaired) electrons. The lowest BCUT2D eigenvalue weighted by Gasteiger charge is -2.07. The van der Waals surface area contributed by atoms with Crippen LogP contribution in [0, 0.1) is 30.5 Å². The summed E-state index contributed by atoms with van der Waals surface area (Å²) in [5.41, 5.74) is -0.882. The monoisotopic (exact) mass is 277 g/mol. The quantitative estimate of drug-likeness (QED) is 0.692. The van der Waals surface area contributed by atoms with Crippen molar-refractivity contribution in [1.29, 1.82) is 0 Å². The number of nitrogens with zero attached hydrogens (tertiary/aromatic N) is 2. The molecule has 18 heavy (non-hydrogen) atoms. The summed E-state index contributed by atoms with van der Waals surface area (Å²) in [6, 6.07) is 0. The Morgan fingerprint density at radius 3 is 2.28 bits per heavy atom. The number of rotatable bonds is 3. The number of thiazole rings is 1. The van der Waals surface area contributed by atoms with Crippen molar-refractivity contribution in [2.45, 2.75) is 13.5 Å². The Kier molecular flexibility index (Phi) is 3.46. The van der Waals surface area contributed by atoms with Crippen LogP contribution in [-0.2, 0) is 6.54 Å². The van der Waals surface area contributed by atoms with E-state index >= 15 is 0 Å². The van der Waals surface area contributed by atoms with Gasteiger partial charge in [-0.3, -0.25) is 0 Å². The summed E-state index contributed by atoms with van der Waals surface area (Å²) >= 11 is 1.31. The normalized spacial score (nSPS) is 10.7. The van der Waals surface area contributed by atoms with Crippen molar-refractivity contribution < 1.29 is 17.6 Å². The van der Waals surface area contributed by atoms with Gasteiger partial charge in [-0.15, -0.1) is 11.3 Å².